The summed E-state index contributed by atoms with van der Waals surface area (Å²) in [6, 6.07) is 0. The summed E-state index contributed by atoms with van der Waals surface area (Å²) in [5, 5.41) is 10.7. The number of esters is 4. The van der Waals surface area contributed by atoms with Gasteiger partial charge in [-0.15, -0.1) is 0 Å². The van der Waals surface area contributed by atoms with Gasteiger partial charge in [-0.2, -0.15) is 0 Å². The third-order valence-corrected chi connectivity index (χ3v) is 22.8. The van der Waals surface area contributed by atoms with Gasteiger partial charge in [0.25, 0.3) is 0 Å². The third-order valence-electron chi connectivity index (χ3n) is 20.9. The summed E-state index contributed by atoms with van der Waals surface area (Å²) in [4.78, 5) is 73.3. The molecule has 19 heteroatoms. The van der Waals surface area contributed by atoms with Crippen molar-refractivity contribution in [1.29, 1.82) is 0 Å². The molecule has 0 bridgehead atoms. The molecule has 3 N–H and O–H groups in total. The van der Waals surface area contributed by atoms with Crippen LogP contribution in [0.3, 0.4) is 0 Å². The van der Waals surface area contributed by atoms with Crippen LogP contribution in [0, 0.1) is 0 Å². The van der Waals surface area contributed by atoms with Crippen LogP contribution in [-0.4, -0.2) is 96.7 Å². The monoisotopic (exact) mass is 1560 g/mol. The first-order valence-electron chi connectivity index (χ1n) is 45.8. The van der Waals surface area contributed by atoms with Crippen LogP contribution in [0.25, 0.3) is 0 Å². The molecular formula is C88H172O17P2. The van der Waals surface area contributed by atoms with Crippen LogP contribution in [-0.2, 0) is 65.4 Å². The zero-order chi connectivity index (χ0) is 78.1. The Hall–Kier alpha value is -1.94. The summed E-state index contributed by atoms with van der Waals surface area (Å²) in [6.07, 6.45) is 77.9. The molecule has 0 aromatic rings. The van der Waals surface area contributed by atoms with Gasteiger partial charge in [0.1, 0.15) is 19.3 Å². The third kappa shape index (κ3) is 81.9. The van der Waals surface area contributed by atoms with E-state index in [4.69, 9.17) is 37.0 Å². The molecule has 0 fully saturated rings. The topological polar surface area (TPSA) is 237 Å². The highest BCUT2D eigenvalue weighted by atomic mass is 31.2. The highest BCUT2D eigenvalue weighted by molar-refractivity contribution is 7.47. The highest BCUT2D eigenvalue weighted by Gasteiger charge is 2.30. The molecule has 0 spiro atoms. The van der Waals surface area contributed by atoms with Gasteiger partial charge in [0.15, 0.2) is 12.2 Å². The Morgan fingerprint density at radius 1 is 0.224 bits per heavy atom. The molecular weight excluding hydrogens is 1390 g/mol. The van der Waals surface area contributed by atoms with E-state index in [1.165, 1.54) is 315 Å². The second-order valence-corrected chi connectivity index (χ2v) is 34.5. The summed E-state index contributed by atoms with van der Waals surface area (Å²) in [5.74, 6) is -2.10. The normalized spacial score (nSPS) is 13.7. The predicted molar refractivity (Wildman–Crippen MR) is 442 cm³/mol. The SMILES string of the molecule is CCCCCCCCCCCCCCCCCCCCCCCCC(=O)O[C@H](COC(=O)CCCCCCCCCCCCCCCCCCCCC)COP(=O)(O)OC[C@@H](O)COP(=O)(O)OC[C@@H](COC(=O)CCCCCCCCCCCC)OC(=O)CCCCCCCCCCCCCCCCCC. The first-order valence-corrected chi connectivity index (χ1v) is 48.8. The van der Waals surface area contributed by atoms with Crippen LogP contribution in [0.15, 0.2) is 0 Å². The van der Waals surface area contributed by atoms with Crippen LogP contribution < -0.4 is 0 Å². The minimum atomic E-state index is -4.97. The molecule has 0 aliphatic rings. The maximum atomic E-state index is 13.2. The van der Waals surface area contributed by atoms with Crippen molar-refractivity contribution in [2.45, 2.75) is 502 Å². The maximum Gasteiger partial charge on any atom is 0.472 e. The quantitative estimate of drug-likeness (QED) is 0.0222. The first kappa shape index (κ1) is 105. The van der Waals surface area contributed by atoms with E-state index in [0.717, 1.165) is 89.9 Å². The molecule has 107 heavy (non-hydrogen) atoms. The predicted octanol–water partition coefficient (Wildman–Crippen LogP) is 27.3. The summed E-state index contributed by atoms with van der Waals surface area (Å²) >= 11 is 0. The Kier molecular flexibility index (Phi) is 80.6. The molecule has 0 rings (SSSR count). The van der Waals surface area contributed by atoms with Crippen LogP contribution in [0.1, 0.15) is 484 Å². The van der Waals surface area contributed by atoms with Crippen molar-refractivity contribution >= 4 is 39.5 Å². The lowest BCUT2D eigenvalue weighted by atomic mass is 10.0. The number of aliphatic hydroxyl groups is 1. The molecule has 0 saturated heterocycles. The number of hydrogen-bond donors (Lipinski definition) is 3. The number of phosphoric acid groups is 2. The average Bonchev–Trinajstić information content (AvgIpc) is 0.900. The Morgan fingerprint density at radius 2 is 0.374 bits per heavy atom. The highest BCUT2D eigenvalue weighted by Crippen LogP contribution is 2.45. The lowest BCUT2D eigenvalue weighted by Crippen LogP contribution is -2.30. The molecule has 0 heterocycles. The molecule has 0 aromatic heterocycles. The second-order valence-electron chi connectivity index (χ2n) is 31.6. The van der Waals surface area contributed by atoms with Crippen LogP contribution >= 0.6 is 15.6 Å². The van der Waals surface area contributed by atoms with Crippen LogP contribution in [0.2, 0.25) is 0 Å². The molecule has 0 aliphatic heterocycles. The zero-order valence-corrected chi connectivity index (χ0v) is 71.9. The van der Waals surface area contributed by atoms with Gasteiger partial charge in [-0.3, -0.25) is 37.3 Å². The van der Waals surface area contributed by atoms with E-state index in [1.54, 1.807) is 0 Å². The van der Waals surface area contributed by atoms with Crippen molar-refractivity contribution in [2.75, 3.05) is 39.6 Å². The van der Waals surface area contributed by atoms with Gasteiger partial charge in [-0.1, -0.05) is 432 Å². The van der Waals surface area contributed by atoms with Gasteiger partial charge in [-0.05, 0) is 25.7 Å². The van der Waals surface area contributed by atoms with Gasteiger partial charge in [0, 0.05) is 25.7 Å². The van der Waals surface area contributed by atoms with E-state index >= 15 is 0 Å². The molecule has 17 nitrogen and oxygen atoms in total. The summed E-state index contributed by atoms with van der Waals surface area (Å²) in [7, 11) is -9.93. The Labute approximate surface area is 658 Å². The van der Waals surface area contributed by atoms with Gasteiger partial charge in [-0.25, -0.2) is 9.13 Å². The van der Waals surface area contributed by atoms with Crippen molar-refractivity contribution in [3.8, 4) is 0 Å². The van der Waals surface area contributed by atoms with Crippen LogP contribution in [0.5, 0.6) is 0 Å². The fourth-order valence-electron chi connectivity index (χ4n) is 13.9. The van der Waals surface area contributed by atoms with Crippen molar-refractivity contribution in [3.63, 3.8) is 0 Å². The Bertz CT molecular complexity index is 2020. The molecule has 0 amide bonds. The summed E-state index contributed by atoms with van der Waals surface area (Å²) in [5.41, 5.74) is 0. The number of phosphoric ester groups is 2. The standard InChI is InChI=1S/C88H172O17P2/c1-5-9-13-17-21-25-29-32-35-38-40-41-42-44-46-49-52-55-59-63-67-71-75-88(93)105-84(79-99-86(91)73-69-65-61-57-53-50-48-45-43-39-36-33-30-26-22-18-14-10-6-2)81-103-107(96,97)101-77-82(89)76-100-106(94,95)102-80-83(78-98-85(90)72-68-64-60-56-28-24-20-16-12-8-4)104-87(92)74-70-66-62-58-54-51-47-37-34-31-27-23-19-15-11-7-3/h82-84,89H,5-81H2,1-4H3,(H,94,95)(H,96,97)/t82-,83+,84+/m0/s1. The van der Waals surface area contributed by atoms with Gasteiger partial charge in [0.05, 0.1) is 26.4 Å². The van der Waals surface area contributed by atoms with Crippen molar-refractivity contribution in [3.05, 3.63) is 0 Å². The molecule has 0 saturated carbocycles. The minimum absolute atomic E-state index is 0.109. The molecule has 5 atom stereocenters. The number of rotatable bonds is 89. The molecule has 0 radical (unpaired) electrons. The Balaban J connectivity index is 5.21. The van der Waals surface area contributed by atoms with E-state index in [9.17, 15) is 43.2 Å². The van der Waals surface area contributed by atoms with E-state index in [1.807, 2.05) is 0 Å². The van der Waals surface area contributed by atoms with E-state index in [-0.39, 0.29) is 25.7 Å². The number of hydrogen-bond acceptors (Lipinski definition) is 15. The maximum absolute atomic E-state index is 13.2. The summed E-state index contributed by atoms with van der Waals surface area (Å²) in [6.45, 7) is 5.06. The second kappa shape index (κ2) is 82.1. The lowest BCUT2D eigenvalue weighted by molar-refractivity contribution is -0.161. The minimum Gasteiger partial charge on any atom is -0.462 e. The van der Waals surface area contributed by atoms with Crippen LogP contribution in [0.4, 0.5) is 0 Å². The average molecular weight is 1560 g/mol. The lowest BCUT2D eigenvalue weighted by Gasteiger charge is -2.21. The number of unbranched alkanes of at least 4 members (excludes halogenated alkanes) is 63. The summed E-state index contributed by atoms with van der Waals surface area (Å²) < 4.78 is 68.9. The number of aliphatic hydroxyl groups excluding tert-OH is 1. The van der Waals surface area contributed by atoms with Crippen molar-refractivity contribution in [2.24, 2.45) is 0 Å². The van der Waals surface area contributed by atoms with E-state index < -0.39 is 97.5 Å². The number of carbonyl (C=O) groups is 4. The molecule has 0 aliphatic carbocycles. The van der Waals surface area contributed by atoms with E-state index in [0.29, 0.717) is 25.7 Å². The molecule has 2 unspecified atom stereocenters. The number of ether oxygens (including phenoxy) is 4. The first-order chi connectivity index (χ1) is 52.2. The molecule has 0 aromatic carbocycles. The largest absolute Gasteiger partial charge is 0.472 e. The Morgan fingerprint density at radius 3 is 0.551 bits per heavy atom. The van der Waals surface area contributed by atoms with Crippen molar-refractivity contribution in [1.82, 2.24) is 0 Å². The smallest absolute Gasteiger partial charge is 0.462 e. The van der Waals surface area contributed by atoms with Gasteiger partial charge < -0.3 is 33.8 Å². The van der Waals surface area contributed by atoms with Gasteiger partial charge >= 0.3 is 39.5 Å². The fourth-order valence-corrected chi connectivity index (χ4v) is 15.5. The fraction of sp³-hybridized carbons (Fsp3) is 0.955. The number of carbonyl (C=O) groups excluding carboxylic acids is 4. The zero-order valence-electron chi connectivity index (χ0n) is 70.1. The van der Waals surface area contributed by atoms with E-state index in [2.05, 4.69) is 27.7 Å². The van der Waals surface area contributed by atoms with Gasteiger partial charge in [0.2, 0.25) is 0 Å². The molecule has 636 valence electrons. The van der Waals surface area contributed by atoms with Crippen molar-refractivity contribution < 1.29 is 80.2 Å².